The molecule has 1 fully saturated rings. The molecule has 2 N–H and O–H groups in total. The molecule has 1 aliphatic heterocycles. The first-order valence-electron chi connectivity index (χ1n) is 8.48. The largest absolute Gasteiger partial charge is 0.473 e. The summed E-state index contributed by atoms with van der Waals surface area (Å²) in [6.07, 6.45) is 3.75. The predicted molar refractivity (Wildman–Crippen MR) is 104 cm³/mol. The van der Waals surface area contributed by atoms with E-state index in [1.165, 1.54) is 11.1 Å². The van der Waals surface area contributed by atoms with Gasteiger partial charge in [-0.1, -0.05) is 28.1 Å². The van der Waals surface area contributed by atoms with Crippen LogP contribution in [0.5, 0.6) is 0 Å². The molecular formula is C19H22BrN3O4. The second kappa shape index (κ2) is 10.8. The zero-order valence-corrected chi connectivity index (χ0v) is 16.4. The van der Waals surface area contributed by atoms with E-state index in [9.17, 15) is 0 Å². The molecule has 1 aromatic carbocycles. The summed E-state index contributed by atoms with van der Waals surface area (Å²) < 4.78 is 1.15. The van der Waals surface area contributed by atoms with Gasteiger partial charge in [-0.2, -0.15) is 0 Å². The summed E-state index contributed by atoms with van der Waals surface area (Å²) >= 11 is 3.49. The lowest BCUT2D eigenvalue weighted by molar-refractivity contribution is -0.159. The van der Waals surface area contributed by atoms with Gasteiger partial charge >= 0.3 is 11.9 Å². The van der Waals surface area contributed by atoms with Crippen molar-refractivity contribution in [1.82, 2.24) is 14.8 Å². The number of nitrogens with zero attached hydrogens (tertiary/aromatic N) is 3. The van der Waals surface area contributed by atoms with Crippen molar-refractivity contribution >= 4 is 27.9 Å². The van der Waals surface area contributed by atoms with Gasteiger partial charge in [0.05, 0.1) is 0 Å². The normalized spacial score (nSPS) is 14.9. The first kappa shape index (κ1) is 21.0. The van der Waals surface area contributed by atoms with Gasteiger partial charge in [0.1, 0.15) is 0 Å². The Kier molecular flexibility index (Phi) is 8.38. The second-order valence-electron chi connectivity index (χ2n) is 6.14. The van der Waals surface area contributed by atoms with Crippen molar-refractivity contribution in [2.45, 2.75) is 13.1 Å². The molecule has 0 saturated carbocycles. The first-order valence-corrected chi connectivity index (χ1v) is 9.27. The zero-order chi connectivity index (χ0) is 19.6. The van der Waals surface area contributed by atoms with E-state index in [4.69, 9.17) is 19.8 Å². The maximum Gasteiger partial charge on any atom is 0.414 e. The minimum atomic E-state index is -1.82. The number of aliphatic carboxylic acids is 2. The van der Waals surface area contributed by atoms with E-state index in [2.05, 4.69) is 67.1 Å². The molecular weight excluding hydrogens is 414 g/mol. The van der Waals surface area contributed by atoms with Gasteiger partial charge in [-0.05, 0) is 35.4 Å². The summed E-state index contributed by atoms with van der Waals surface area (Å²) in [5, 5.41) is 14.8. The Balaban J connectivity index is 0.000000380. The Morgan fingerprint density at radius 1 is 0.815 bits per heavy atom. The molecule has 2 aromatic rings. The van der Waals surface area contributed by atoms with Gasteiger partial charge in [0.2, 0.25) is 0 Å². The van der Waals surface area contributed by atoms with Crippen molar-refractivity contribution in [3.8, 4) is 0 Å². The second-order valence-corrected chi connectivity index (χ2v) is 7.06. The fourth-order valence-electron chi connectivity index (χ4n) is 2.70. The van der Waals surface area contributed by atoms with Crippen molar-refractivity contribution in [3.05, 3.63) is 64.4 Å². The van der Waals surface area contributed by atoms with Gasteiger partial charge in [-0.25, -0.2) is 9.59 Å². The van der Waals surface area contributed by atoms with Gasteiger partial charge in [0.25, 0.3) is 0 Å². The van der Waals surface area contributed by atoms with Crippen molar-refractivity contribution < 1.29 is 19.8 Å². The quantitative estimate of drug-likeness (QED) is 0.711. The molecule has 0 unspecified atom stereocenters. The number of carboxylic acid groups (broad SMARTS) is 2. The van der Waals surface area contributed by atoms with Crippen LogP contribution >= 0.6 is 15.9 Å². The average molecular weight is 436 g/mol. The summed E-state index contributed by atoms with van der Waals surface area (Å²) in [5.41, 5.74) is 2.74. The average Bonchev–Trinajstić information content (AvgIpc) is 2.66. The van der Waals surface area contributed by atoms with Gasteiger partial charge in [0.15, 0.2) is 0 Å². The number of aromatic nitrogens is 1. The SMILES string of the molecule is Brc1ccc(CN2CCN(Cc3ccncc3)CC2)cc1.O=C(O)C(=O)O. The van der Waals surface area contributed by atoms with E-state index >= 15 is 0 Å². The molecule has 3 rings (SSSR count). The molecule has 1 aromatic heterocycles. The van der Waals surface area contributed by atoms with Crippen molar-refractivity contribution in [2.24, 2.45) is 0 Å². The number of carboxylic acids is 2. The highest BCUT2D eigenvalue weighted by Gasteiger charge is 2.16. The van der Waals surface area contributed by atoms with Gasteiger partial charge in [-0.3, -0.25) is 14.8 Å². The van der Waals surface area contributed by atoms with Crippen LogP contribution in [0.25, 0.3) is 0 Å². The van der Waals surface area contributed by atoms with Crippen LogP contribution in [0, 0.1) is 0 Å². The summed E-state index contributed by atoms with van der Waals surface area (Å²) in [7, 11) is 0. The maximum atomic E-state index is 9.10. The standard InChI is InChI=1S/C17H20BrN3.C2H2O4/c18-17-3-1-15(2-4-17)13-20-9-11-21(12-10-20)14-16-5-7-19-8-6-16;3-1(4)2(5)6/h1-8H,9-14H2;(H,3,4)(H,5,6). The Labute approximate surface area is 166 Å². The van der Waals surface area contributed by atoms with Crippen molar-refractivity contribution in [2.75, 3.05) is 26.2 Å². The first-order chi connectivity index (χ1) is 12.9. The van der Waals surface area contributed by atoms with Crippen LogP contribution in [0.4, 0.5) is 0 Å². The zero-order valence-electron chi connectivity index (χ0n) is 14.8. The molecule has 7 nitrogen and oxygen atoms in total. The Bertz CT molecular complexity index is 720. The number of hydrogen-bond acceptors (Lipinski definition) is 5. The van der Waals surface area contributed by atoms with Crippen molar-refractivity contribution in [1.29, 1.82) is 0 Å². The lowest BCUT2D eigenvalue weighted by Crippen LogP contribution is -2.45. The van der Waals surface area contributed by atoms with Gasteiger partial charge in [-0.15, -0.1) is 0 Å². The number of rotatable bonds is 4. The highest BCUT2D eigenvalue weighted by Crippen LogP contribution is 2.14. The summed E-state index contributed by atoms with van der Waals surface area (Å²) in [6, 6.07) is 12.9. The predicted octanol–water partition coefficient (Wildman–Crippen LogP) is 2.32. The molecule has 0 atom stereocenters. The topological polar surface area (TPSA) is 94.0 Å². The molecule has 1 aliphatic rings. The third-order valence-corrected chi connectivity index (χ3v) is 4.65. The van der Waals surface area contributed by atoms with Crippen LogP contribution < -0.4 is 0 Å². The third-order valence-electron chi connectivity index (χ3n) is 4.12. The van der Waals surface area contributed by atoms with Crippen LogP contribution in [-0.2, 0) is 22.7 Å². The molecule has 27 heavy (non-hydrogen) atoms. The third kappa shape index (κ3) is 7.86. The van der Waals surface area contributed by atoms with Crippen molar-refractivity contribution in [3.63, 3.8) is 0 Å². The smallest absolute Gasteiger partial charge is 0.414 e. The minimum Gasteiger partial charge on any atom is -0.473 e. The molecule has 0 spiro atoms. The summed E-state index contributed by atoms with van der Waals surface area (Å²) in [6.45, 7) is 6.64. The van der Waals surface area contributed by atoms with Gasteiger partial charge in [0, 0.05) is 56.1 Å². The fourth-order valence-corrected chi connectivity index (χ4v) is 2.96. The van der Waals surface area contributed by atoms with E-state index in [1.54, 1.807) is 0 Å². The number of piperazine rings is 1. The molecule has 0 amide bonds. The molecule has 8 heteroatoms. The Morgan fingerprint density at radius 2 is 1.22 bits per heavy atom. The van der Waals surface area contributed by atoms with Crippen LogP contribution in [0.1, 0.15) is 11.1 Å². The number of hydrogen-bond donors (Lipinski definition) is 2. The number of halogens is 1. The van der Waals surface area contributed by atoms with E-state index in [-0.39, 0.29) is 0 Å². The van der Waals surface area contributed by atoms with Crippen LogP contribution in [0.15, 0.2) is 53.3 Å². The monoisotopic (exact) mass is 435 g/mol. The lowest BCUT2D eigenvalue weighted by Gasteiger charge is -2.34. The van der Waals surface area contributed by atoms with E-state index < -0.39 is 11.9 Å². The lowest BCUT2D eigenvalue weighted by atomic mass is 10.2. The van der Waals surface area contributed by atoms with E-state index in [0.717, 1.165) is 43.7 Å². The fraction of sp³-hybridized carbons (Fsp3) is 0.316. The minimum absolute atomic E-state index is 1.04. The molecule has 0 radical (unpaired) electrons. The van der Waals surface area contributed by atoms with E-state index in [1.807, 2.05) is 12.4 Å². The van der Waals surface area contributed by atoms with Crippen LogP contribution in [-0.4, -0.2) is 63.1 Å². The number of carbonyl (C=O) groups is 2. The molecule has 2 heterocycles. The molecule has 0 bridgehead atoms. The summed E-state index contributed by atoms with van der Waals surface area (Å²) in [4.78, 5) is 27.3. The maximum absolute atomic E-state index is 9.10. The molecule has 1 saturated heterocycles. The van der Waals surface area contributed by atoms with Crippen LogP contribution in [0.2, 0.25) is 0 Å². The highest BCUT2D eigenvalue weighted by atomic mass is 79.9. The summed E-state index contributed by atoms with van der Waals surface area (Å²) in [5.74, 6) is -3.65. The number of pyridine rings is 1. The Hall–Kier alpha value is -2.29. The van der Waals surface area contributed by atoms with Crippen LogP contribution in [0.3, 0.4) is 0 Å². The highest BCUT2D eigenvalue weighted by molar-refractivity contribution is 9.10. The Morgan fingerprint density at radius 3 is 1.63 bits per heavy atom. The number of benzene rings is 1. The molecule has 0 aliphatic carbocycles. The molecule has 144 valence electrons. The van der Waals surface area contributed by atoms with E-state index in [0.29, 0.717) is 0 Å². The van der Waals surface area contributed by atoms with Gasteiger partial charge < -0.3 is 10.2 Å².